The number of fused-ring (bicyclic) bond motifs is 3. The van der Waals surface area contributed by atoms with Gasteiger partial charge in [0.15, 0.2) is 0 Å². The molecule has 1 aromatic heterocycles. The maximum atomic E-state index is 4.50. The molecule has 9 rings (SSSR count). The summed E-state index contributed by atoms with van der Waals surface area (Å²) in [7, 11) is 0. The van der Waals surface area contributed by atoms with Gasteiger partial charge in [-0.15, -0.1) is 0 Å². The lowest BCUT2D eigenvalue weighted by molar-refractivity contribution is 1.23. The SMILES string of the molecule is c1ccc(-c2ccc(-c3cccc(N(c4cccnc4)c4cccc(-c5ccc6c7c(cccc57)-c5ccccc5-6)c4)c3)cc2)cc1. The highest BCUT2D eigenvalue weighted by Gasteiger charge is 2.22. The second kappa shape index (κ2) is 11.3. The summed E-state index contributed by atoms with van der Waals surface area (Å²) in [6.07, 6.45) is 3.76. The van der Waals surface area contributed by atoms with Crippen molar-refractivity contribution in [2.45, 2.75) is 0 Å². The van der Waals surface area contributed by atoms with Crippen LogP contribution in [0, 0.1) is 0 Å². The first-order valence-electron chi connectivity index (χ1n) is 16.0. The minimum Gasteiger partial charge on any atom is -0.309 e. The van der Waals surface area contributed by atoms with E-state index in [1.165, 1.54) is 66.4 Å². The number of pyridine rings is 1. The van der Waals surface area contributed by atoms with Crippen molar-refractivity contribution in [2.24, 2.45) is 0 Å². The maximum absolute atomic E-state index is 4.50. The van der Waals surface area contributed by atoms with E-state index in [0.29, 0.717) is 0 Å². The van der Waals surface area contributed by atoms with Crippen LogP contribution in [-0.2, 0) is 0 Å². The number of hydrogen-bond acceptors (Lipinski definition) is 2. The Balaban J connectivity index is 1.13. The summed E-state index contributed by atoms with van der Waals surface area (Å²) in [5, 5.41) is 2.62. The average Bonchev–Trinajstić information content (AvgIpc) is 3.48. The van der Waals surface area contributed by atoms with Gasteiger partial charge in [0.25, 0.3) is 0 Å². The van der Waals surface area contributed by atoms with E-state index in [0.717, 1.165) is 17.1 Å². The lowest BCUT2D eigenvalue weighted by Gasteiger charge is -2.26. The third kappa shape index (κ3) is 4.70. The van der Waals surface area contributed by atoms with Crippen LogP contribution in [0.3, 0.4) is 0 Å². The highest BCUT2D eigenvalue weighted by molar-refractivity contribution is 6.18. The Bertz CT molecular complexity index is 2360. The minimum atomic E-state index is 1.01. The summed E-state index contributed by atoms with van der Waals surface area (Å²) >= 11 is 0. The van der Waals surface area contributed by atoms with Crippen LogP contribution >= 0.6 is 0 Å². The Morgan fingerprint density at radius 3 is 1.60 bits per heavy atom. The van der Waals surface area contributed by atoms with Gasteiger partial charge in [0.2, 0.25) is 0 Å². The number of aromatic nitrogens is 1. The zero-order valence-electron chi connectivity index (χ0n) is 25.7. The first-order chi connectivity index (χ1) is 23.3. The van der Waals surface area contributed by atoms with Gasteiger partial charge in [0.05, 0.1) is 11.9 Å². The Hall–Kier alpha value is -6.25. The Morgan fingerprint density at radius 1 is 0.340 bits per heavy atom. The van der Waals surface area contributed by atoms with E-state index in [-0.39, 0.29) is 0 Å². The first-order valence-corrected chi connectivity index (χ1v) is 16.0. The molecule has 0 saturated carbocycles. The summed E-state index contributed by atoms with van der Waals surface area (Å²) in [6, 6.07) is 61.2. The van der Waals surface area contributed by atoms with Gasteiger partial charge in [0.1, 0.15) is 0 Å². The van der Waals surface area contributed by atoms with Crippen LogP contribution in [0.4, 0.5) is 17.1 Å². The first kappa shape index (κ1) is 27.1. The van der Waals surface area contributed by atoms with Crippen LogP contribution in [0.5, 0.6) is 0 Å². The summed E-state index contributed by atoms with van der Waals surface area (Å²) < 4.78 is 0. The number of rotatable bonds is 6. The Morgan fingerprint density at radius 2 is 0.872 bits per heavy atom. The topological polar surface area (TPSA) is 16.1 Å². The van der Waals surface area contributed by atoms with E-state index in [1.54, 1.807) is 0 Å². The van der Waals surface area contributed by atoms with Gasteiger partial charge in [-0.2, -0.15) is 0 Å². The summed E-state index contributed by atoms with van der Waals surface area (Å²) in [6.45, 7) is 0. The van der Waals surface area contributed by atoms with E-state index in [1.807, 2.05) is 18.5 Å². The molecule has 0 N–H and O–H groups in total. The van der Waals surface area contributed by atoms with Gasteiger partial charge in [-0.1, -0.05) is 133 Å². The Labute approximate surface area is 274 Å². The zero-order valence-corrected chi connectivity index (χ0v) is 25.7. The van der Waals surface area contributed by atoms with Crippen LogP contribution in [0.15, 0.2) is 182 Å². The third-order valence-corrected chi connectivity index (χ3v) is 9.30. The van der Waals surface area contributed by atoms with Crippen LogP contribution in [-0.4, -0.2) is 4.98 Å². The van der Waals surface area contributed by atoms with Crippen molar-refractivity contribution in [1.29, 1.82) is 0 Å². The molecule has 2 heteroatoms. The van der Waals surface area contributed by atoms with Gasteiger partial charge in [-0.25, -0.2) is 0 Å². The fourth-order valence-corrected chi connectivity index (χ4v) is 7.12. The van der Waals surface area contributed by atoms with Crippen LogP contribution < -0.4 is 4.90 Å². The van der Waals surface area contributed by atoms with Gasteiger partial charge in [0, 0.05) is 17.6 Å². The molecule has 0 atom stereocenters. The highest BCUT2D eigenvalue weighted by Crippen LogP contribution is 2.49. The van der Waals surface area contributed by atoms with Gasteiger partial charge < -0.3 is 4.90 Å². The van der Waals surface area contributed by atoms with Crippen molar-refractivity contribution >= 4 is 27.8 Å². The monoisotopic (exact) mass is 598 g/mol. The van der Waals surface area contributed by atoms with Crippen molar-refractivity contribution in [2.75, 3.05) is 4.90 Å². The van der Waals surface area contributed by atoms with E-state index in [4.69, 9.17) is 0 Å². The molecule has 0 bridgehead atoms. The van der Waals surface area contributed by atoms with Crippen molar-refractivity contribution < 1.29 is 0 Å². The van der Waals surface area contributed by atoms with Gasteiger partial charge in [-0.3, -0.25) is 4.98 Å². The minimum absolute atomic E-state index is 1.01. The molecule has 0 spiro atoms. The lowest BCUT2D eigenvalue weighted by Crippen LogP contribution is -2.10. The van der Waals surface area contributed by atoms with E-state index in [9.17, 15) is 0 Å². The molecule has 0 unspecified atom stereocenters. The smallest absolute Gasteiger partial charge is 0.0644 e. The number of anilines is 3. The third-order valence-electron chi connectivity index (χ3n) is 9.30. The van der Waals surface area contributed by atoms with Gasteiger partial charge >= 0.3 is 0 Å². The summed E-state index contributed by atoms with van der Waals surface area (Å²) in [4.78, 5) is 6.80. The second-order valence-corrected chi connectivity index (χ2v) is 12.0. The van der Waals surface area contributed by atoms with E-state index < -0.39 is 0 Å². The van der Waals surface area contributed by atoms with Crippen molar-refractivity contribution in [1.82, 2.24) is 4.98 Å². The normalized spacial score (nSPS) is 11.4. The lowest BCUT2D eigenvalue weighted by atomic mass is 9.94. The average molecular weight is 599 g/mol. The van der Waals surface area contributed by atoms with Gasteiger partial charge in [-0.05, 0) is 103 Å². The largest absolute Gasteiger partial charge is 0.309 e. The van der Waals surface area contributed by atoms with Crippen molar-refractivity contribution in [3.8, 4) is 55.6 Å². The fourth-order valence-electron chi connectivity index (χ4n) is 7.12. The predicted molar refractivity (Wildman–Crippen MR) is 197 cm³/mol. The summed E-state index contributed by atoms with van der Waals surface area (Å²) in [5.74, 6) is 0. The zero-order chi connectivity index (χ0) is 31.2. The molecule has 2 nitrogen and oxygen atoms in total. The number of benzene rings is 7. The molecule has 7 aromatic carbocycles. The molecule has 0 amide bonds. The molecule has 47 heavy (non-hydrogen) atoms. The van der Waals surface area contributed by atoms with Crippen molar-refractivity contribution in [3.63, 3.8) is 0 Å². The quantitative estimate of drug-likeness (QED) is 0.189. The molecule has 0 radical (unpaired) electrons. The fraction of sp³-hybridized carbons (Fsp3) is 0. The van der Waals surface area contributed by atoms with Crippen LogP contribution in [0.2, 0.25) is 0 Å². The molecular weight excluding hydrogens is 569 g/mol. The molecule has 220 valence electrons. The molecular formula is C45H30N2. The summed E-state index contributed by atoms with van der Waals surface area (Å²) in [5.41, 5.74) is 15.6. The molecule has 0 fully saturated rings. The van der Waals surface area contributed by atoms with E-state index in [2.05, 4.69) is 174 Å². The predicted octanol–water partition coefficient (Wildman–Crippen LogP) is 12.4. The molecule has 1 aliphatic carbocycles. The maximum Gasteiger partial charge on any atom is 0.0644 e. The Kier molecular flexibility index (Phi) is 6.50. The standard InChI is InChI=1S/C45H30N2/c1-2-10-31(11-3-1)32-21-23-33(24-22-32)34-12-6-14-36(28-34)47(38-16-9-27-46-30-38)37-15-7-13-35(29-37)39-25-26-44-41-18-5-4-17-40(41)43-20-8-19-42(39)45(43)44/h1-30H. The molecule has 8 aromatic rings. The van der Waals surface area contributed by atoms with E-state index >= 15 is 0 Å². The van der Waals surface area contributed by atoms with Crippen LogP contribution in [0.25, 0.3) is 66.4 Å². The molecule has 1 heterocycles. The number of hydrogen-bond donors (Lipinski definition) is 0. The highest BCUT2D eigenvalue weighted by atomic mass is 15.1. The van der Waals surface area contributed by atoms with Crippen molar-refractivity contribution in [3.05, 3.63) is 182 Å². The molecule has 0 saturated heterocycles. The second-order valence-electron chi connectivity index (χ2n) is 12.0. The molecule has 0 aliphatic heterocycles. The molecule has 1 aliphatic rings. The van der Waals surface area contributed by atoms with Crippen LogP contribution in [0.1, 0.15) is 0 Å². The number of nitrogens with zero attached hydrogens (tertiary/aromatic N) is 2.